The van der Waals surface area contributed by atoms with Crippen LogP contribution in [0.15, 0.2) is 6.07 Å². The maximum Gasteiger partial charge on any atom is 0.134 e. The fraction of sp³-hybridized carbons (Fsp3) is 0.688. The maximum atomic E-state index is 9.64. The van der Waals surface area contributed by atoms with Crippen LogP contribution in [0.2, 0.25) is 0 Å². The van der Waals surface area contributed by atoms with E-state index in [0.29, 0.717) is 11.8 Å². The minimum absolute atomic E-state index is 0.0567. The van der Waals surface area contributed by atoms with Crippen LogP contribution in [0.5, 0.6) is 0 Å². The summed E-state index contributed by atoms with van der Waals surface area (Å²) in [5.41, 5.74) is 3.11. The summed E-state index contributed by atoms with van der Waals surface area (Å²) in [5.74, 6) is 2.11. The van der Waals surface area contributed by atoms with Crippen LogP contribution in [0, 0.1) is 25.7 Å². The Balaban J connectivity index is 3.19. The highest BCUT2D eigenvalue weighted by atomic mass is 16.3. The number of hydrogen-bond donors (Lipinski definition) is 1. The second kappa shape index (κ2) is 6.90. The van der Waals surface area contributed by atoms with Gasteiger partial charge in [-0.05, 0) is 37.3 Å². The first-order valence-corrected chi connectivity index (χ1v) is 7.18. The lowest BCUT2D eigenvalue weighted by atomic mass is 10.1. The Kier molecular flexibility index (Phi) is 5.80. The molecule has 0 aromatic carbocycles. The predicted octanol–water partition coefficient (Wildman–Crippen LogP) is 3.31. The van der Waals surface area contributed by atoms with E-state index in [1.165, 1.54) is 0 Å². The number of aryl methyl sites for hydroxylation is 2. The summed E-state index contributed by atoms with van der Waals surface area (Å²) >= 11 is 0. The lowest BCUT2D eigenvalue weighted by Gasteiger charge is -2.30. The average Bonchev–Trinajstić information content (AvgIpc) is 2.25. The van der Waals surface area contributed by atoms with Crippen molar-refractivity contribution in [2.24, 2.45) is 11.8 Å². The van der Waals surface area contributed by atoms with Crippen molar-refractivity contribution in [2.45, 2.75) is 48.1 Å². The molecule has 1 rings (SSSR count). The summed E-state index contributed by atoms with van der Waals surface area (Å²) in [6.07, 6.45) is 0. The van der Waals surface area contributed by atoms with Gasteiger partial charge in [0.1, 0.15) is 5.82 Å². The zero-order chi connectivity index (χ0) is 14.6. The number of rotatable bonds is 6. The third-order valence-corrected chi connectivity index (χ3v) is 3.08. The first kappa shape index (κ1) is 16.0. The van der Waals surface area contributed by atoms with Crippen molar-refractivity contribution < 1.29 is 5.11 Å². The zero-order valence-corrected chi connectivity index (χ0v) is 13.2. The smallest absolute Gasteiger partial charge is 0.134 e. The predicted molar refractivity (Wildman–Crippen MR) is 81.5 cm³/mol. The Hall–Kier alpha value is -1.09. The van der Waals surface area contributed by atoms with E-state index in [-0.39, 0.29) is 6.61 Å². The minimum atomic E-state index is 0.0567. The molecule has 0 saturated carbocycles. The molecule has 3 heteroatoms. The van der Waals surface area contributed by atoms with Gasteiger partial charge < -0.3 is 10.0 Å². The van der Waals surface area contributed by atoms with E-state index < -0.39 is 0 Å². The molecule has 1 N–H and O–H groups in total. The summed E-state index contributed by atoms with van der Waals surface area (Å²) in [7, 11) is 0. The van der Waals surface area contributed by atoms with E-state index in [1.54, 1.807) is 0 Å². The van der Waals surface area contributed by atoms with Crippen LogP contribution < -0.4 is 4.90 Å². The van der Waals surface area contributed by atoms with Crippen molar-refractivity contribution in [1.29, 1.82) is 0 Å². The Morgan fingerprint density at radius 1 is 1.11 bits per heavy atom. The van der Waals surface area contributed by atoms with Gasteiger partial charge in [-0.2, -0.15) is 0 Å². The molecular formula is C16H28N2O. The van der Waals surface area contributed by atoms with Crippen LogP contribution in [0.4, 0.5) is 5.82 Å². The number of aliphatic hydroxyl groups excluding tert-OH is 1. The number of nitrogens with zero attached hydrogens (tertiary/aromatic N) is 2. The SMILES string of the molecule is Cc1cc(C)c(CO)c(N(CC(C)C)CC(C)C)n1. The van der Waals surface area contributed by atoms with Gasteiger partial charge in [-0.15, -0.1) is 0 Å². The third kappa shape index (κ3) is 4.50. The normalized spacial score (nSPS) is 11.4. The number of hydrogen-bond acceptors (Lipinski definition) is 3. The summed E-state index contributed by atoms with van der Waals surface area (Å²) in [6.45, 7) is 14.9. The van der Waals surface area contributed by atoms with Crippen LogP contribution in [0.25, 0.3) is 0 Å². The lowest BCUT2D eigenvalue weighted by Crippen LogP contribution is -2.33. The molecule has 0 aliphatic rings. The molecule has 0 fully saturated rings. The van der Waals surface area contributed by atoms with Gasteiger partial charge in [-0.1, -0.05) is 27.7 Å². The quantitative estimate of drug-likeness (QED) is 0.856. The standard InChI is InChI=1S/C16H28N2O/c1-11(2)8-18(9-12(3)4)16-15(10-19)13(5)7-14(6)17-16/h7,11-12,19H,8-10H2,1-6H3. The molecule has 19 heavy (non-hydrogen) atoms. The molecule has 0 aliphatic heterocycles. The molecule has 0 atom stereocenters. The molecule has 0 radical (unpaired) electrons. The van der Waals surface area contributed by atoms with E-state index in [4.69, 9.17) is 0 Å². The topological polar surface area (TPSA) is 36.4 Å². The summed E-state index contributed by atoms with van der Waals surface area (Å²) in [5, 5.41) is 9.64. The van der Waals surface area contributed by atoms with Crippen molar-refractivity contribution in [2.75, 3.05) is 18.0 Å². The van der Waals surface area contributed by atoms with E-state index in [1.807, 2.05) is 19.9 Å². The molecule has 1 aromatic heterocycles. The number of aliphatic hydroxyl groups is 1. The van der Waals surface area contributed by atoms with Crippen LogP contribution in [0.3, 0.4) is 0 Å². The molecule has 1 aromatic rings. The molecule has 0 amide bonds. The van der Waals surface area contributed by atoms with Gasteiger partial charge in [0.15, 0.2) is 0 Å². The Bertz CT molecular complexity index is 403. The molecule has 0 aliphatic carbocycles. The lowest BCUT2D eigenvalue weighted by molar-refractivity contribution is 0.280. The Morgan fingerprint density at radius 3 is 2.05 bits per heavy atom. The molecule has 0 spiro atoms. The van der Waals surface area contributed by atoms with Gasteiger partial charge in [0.2, 0.25) is 0 Å². The highest BCUT2D eigenvalue weighted by Crippen LogP contribution is 2.24. The molecular weight excluding hydrogens is 236 g/mol. The first-order valence-electron chi connectivity index (χ1n) is 7.18. The van der Waals surface area contributed by atoms with Gasteiger partial charge in [0.25, 0.3) is 0 Å². The van der Waals surface area contributed by atoms with Crippen molar-refractivity contribution in [1.82, 2.24) is 4.98 Å². The van der Waals surface area contributed by atoms with E-state index in [9.17, 15) is 5.11 Å². The minimum Gasteiger partial charge on any atom is -0.392 e. The molecule has 3 nitrogen and oxygen atoms in total. The van der Waals surface area contributed by atoms with E-state index in [2.05, 4.69) is 37.6 Å². The number of aromatic nitrogens is 1. The van der Waals surface area contributed by atoms with Gasteiger partial charge in [0, 0.05) is 24.3 Å². The van der Waals surface area contributed by atoms with Crippen LogP contribution in [-0.2, 0) is 6.61 Å². The average molecular weight is 264 g/mol. The van der Waals surface area contributed by atoms with Crippen LogP contribution >= 0.6 is 0 Å². The second-order valence-corrected chi connectivity index (χ2v) is 6.23. The van der Waals surface area contributed by atoms with Crippen LogP contribution in [-0.4, -0.2) is 23.2 Å². The van der Waals surface area contributed by atoms with Crippen molar-refractivity contribution >= 4 is 5.82 Å². The molecule has 0 unspecified atom stereocenters. The van der Waals surface area contributed by atoms with Gasteiger partial charge in [-0.25, -0.2) is 4.98 Å². The Labute approximate surface area is 117 Å². The number of pyridine rings is 1. The fourth-order valence-electron chi connectivity index (χ4n) is 2.43. The molecule has 0 bridgehead atoms. The number of anilines is 1. The van der Waals surface area contributed by atoms with Crippen molar-refractivity contribution in [3.63, 3.8) is 0 Å². The maximum absolute atomic E-state index is 9.64. The van der Waals surface area contributed by atoms with Crippen molar-refractivity contribution in [3.8, 4) is 0 Å². The summed E-state index contributed by atoms with van der Waals surface area (Å²) in [6, 6.07) is 2.04. The van der Waals surface area contributed by atoms with Gasteiger partial charge >= 0.3 is 0 Å². The highest BCUT2D eigenvalue weighted by molar-refractivity contribution is 5.51. The molecule has 1 heterocycles. The second-order valence-electron chi connectivity index (χ2n) is 6.23. The highest BCUT2D eigenvalue weighted by Gasteiger charge is 2.17. The molecule has 0 saturated heterocycles. The largest absolute Gasteiger partial charge is 0.392 e. The summed E-state index contributed by atoms with van der Waals surface area (Å²) in [4.78, 5) is 7.00. The van der Waals surface area contributed by atoms with E-state index >= 15 is 0 Å². The van der Waals surface area contributed by atoms with Crippen molar-refractivity contribution in [3.05, 3.63) is 22.9 Å². The molecule has 108 valence electrons. The van der Waals surface area contributed by atoms with Gasteiger partial charge in [-0.3, -0.25) is 0 Å². The van der Waals surface area contributed by atoms with Crippen LogP contribution in [0.1, 0.15) is 44.5 Å². The summed E-state index contributed by atoms with van der Waals surface area (Å²) < 4.78 is 0. The van der Waals surface area contributed by atoms with Gasteiger partial charge in [0.05, 0.1) is 6.61 Å². The van der Waals surface area contributed by atoms with E-state index in [0.717, 1.165) is 35.7 Å². The zero-order valence-electron chi connectivity index (χ0n) is 13.2. The Morgan fingerprint density at radius 2 is 1.63 bits per heavy atom. The first-order chi connectivity index (χ1) is 8.85. The fourth-order valence-corrected chi connectivity index (χ4v) is 2.43. The third-order valence-electron chi connectivity index (χ3n) is 3.08. The monoisotopic (exact) mass is 264 g/mol.